The van der Waals surface area contributed by atoms with Crippen LogP contribution in [0.4, 0.5) is 4.39 Å². The lowest BCUT2D eigenvalue weighted by atomic mass is 9.99. The molecule has 3 N–H and O–H groups in total. The molecule has 20 heavy (non-hydrogen) atoms. The topological polar surface area (TPSA) is 47.3 Å². The molecule has 0 aromatic heterocycles. The van der Waals surface area contributed by atoms with Crippen molar-refractivity contribution in [1.82, 2.24) is 5.43 Å². The molecular formula is C16H19FN2O. The van der Waals surface area contributed by atoms with Crippen LogP contribution in [0.1, 0.15) is 31.0 Å². The van der Waals surface area contributed by atoms with Crippen molar-refractivity contribution in [3.05, 3.63) is 65.5 Å². The lowest BCUT2D eigenvalue weighted by Crippen LogP contribution is -2.28. The van der Waals surface area contributed by atoms with Gasteiger partial charge in [0.2, 0.25) is 0 Å². The molecule has 4 heteroatoms. The van der Waals surface area contributed by atoms with E-state index in [2.05, 4.69) is 5.43 Å². The first-order chi connectivity index (χ1) is 9.60. The highest BCUT2D eigenvalue weighted by Crippen LogP contribution is 2.24. The number of nitrogens with two attached hydrogens (primary N) is 1. The van der Waals surface area contributed by atoms with E-state index in [0.29, 0.717) is 0 Å². The van der Waals surface area contributed by atoms with Crippen LogP contribution in [-0.2, 0) is 0 Å². The van der Waals surface area contributed by atoms with Crippen LogP contribution in [0.5, 0.6) is 5.75 Å². The Balaban J connectivity index is 2.21. The third-order valence-corrected chi connectivity index (χ3v) is 2.96. The van der Waals surface area contributed by atoms with Crippen molar-refractivity contribution in [3.8, 4) is 5.75 Å². The molecule has 106 valence electrons. The maximum absolute atomic E-state index is 13.0. The summed E-state index contributed by atoms with van der Waals surface area (Å²) in [5.74, 6) is 6.18. The van der Waals surface area contributed by atoms with Crippen LogP contribution in [-0.4, -0.2) is 6.10 Å². The zero-order chi connectivity index (χ0) is 14.5. The molecule has 0 aliphatic rings. The molecule has 1 atom stereocenters. The SMILES string of the molecule is CC(C)Oc1ccc(C(NN)c2ccc(F)cc2)cc1. The number of hydrogen-bond donors (Lipinski definition) is 2. The molecule has 2 rings (SSSR count). The first-order valence-electron chi connectivity index (χ1n) is 6.58. The number of rotatable bonds is 5. The quantitative estimate of drug-likeness (QED) is 0.650. The predicted octanol–water partition coefficient (Wildman–Crippen LogP) is 3.17. The average Bonchev–Trinajstić information content (AvgIpc) is 2.43. The first-order valence-corrected chi connectivity index (χ1v) is 6.58. The molecule has 2 aromatic rings. The van der Waals surface area contributed by atoms with E-state index >= 15 is 0 Å². The highest BCUT2D eigenvalue weighted by atomic mass is 19.1. The molecule has 0 radical (unpaired) electrons. The fourth-order valence-electron chi connectivity index (χ4n) is 2.05. The van der Waals surface area contributed by atoms with E-state index < -0.39 is 0 Å². The maximum atomic E-state index is 13.0. The molecule has 0 saturated heterocycles. The fraction of sp³-hybridized carbons (Fsp3) is 0.250. The van der Waals surface area contributed by atoms with Crippen LogP contribution in [0.2, 0.25) is 0 Å². The Morgan fingerprint density at radius 2 is 1.45 bits per heavy atom. The molecule has 0 spiro atoms. The van der Waals surface area contributed by atoms with Crippen molar-refractivity contribution in [1.29, 1.82) is 0 Å². The summed E-state index contributed by atoms with van der Waals surface area (Å²) in [4.78, 5) is 0. The summed E-state index contributed by atoms with van der Waals surface area (Å²) >= 11 is 0. The zero-order valence-electron chi connectivity index (χ0n) is 11.6. The Labute approximate surface area is 118 Å². The minimum atomic E-state index is -0.259. The lowest BCUT2D eigenvalue weighted by molar-refractivity contribution is 0.242. The van der Waals surface area contributed by atoms with Crippen LogP contribution in [0.3, 0.4) is 0 Å². The number of halogens is 1. The summed E-state index contributed by atoms with van der Waals surface area (Å²) in [7, 11) is 0. The van der Waals surface area contributed by atoms with Gasteiger partial charge >= 0.3 is 0 Å². The Morgan fingerprint density at radius 1 is 0.950 bits per heavy atom. The third-order valence-electron chi connectivity index (χ3n) is 2.96. The van der Waals surface area contributed by atoms with Crippen molar-refractivity contribution >= 4 is 0 Å². The largest absolute Gasteiger partial charge is 0.491 e. The molecule has 0 saturated carbocycles. The van der Waals surface area contributed by atoms with E-state index in [4.69, 9.17) is 10.6 Å². The molecule has 0 bridgehead atoms. The second-order valence-electron chi connectivity index (χ2n) is 4.89. The van der Waals surface area contributed by atoms with Gasteiger partial charge in [-0.15, -0.1) is 0 Å². The Hall–Kier alpha value is -1.91. The number of benzene rings is 2. The smallest absolute Gasteiger partial charge is 0.123 e. The zero-order valence-corrected chi connectivity index (χ0v) is 11.6. The van der Waals surface area contributed by atoms with Crippen molar-refractivity contribution in [3.63, 3.8) is 0 Å². The van der Waals surface area contributed by atoms with Gasteiger partial charge in [0.15, 0.2) is 0 Å². The summed E-state index contributed by atoms with van der Waals surface area (Å²) in [6, 6.07) is 13.8. The molecule has 0 fully saturated rings. The summed E-state index contributed by atoms with van der Waals surface area (Å²) in [5.41, 5.74) is 4.66. The van der Waals surface area contributed by atoms with Gasteiger partial charge in [-0.25, -0.2) is 9.82 Å². The minimum absolute atomic E-state index is 0.140. The fourth-order valence-corrected chi connectivity index (χ4v) is 2.05. The van der Waals surface area contributed by atoms with Gasteiger partial charge in [-0.05, 0) is 49.2 Å². The van der Waals surface area contributed by atoms with Gasteiger partial charge in [0.1, 0.15) is 11.6 Å². The molecule has 3 nitrogen and oxygen atoms in total. The summed E-state index contributed by atoms with van der Waals surface area (Å²) in [5, 5.41) is 0. The van der Waals surface area contributed by atoms with Gasteiger partial charge in [0.25, 0.3) is 0 Å². The monoisotopic (exact) mass is 274 g/mol. The molecule has 0 amide bonds. The van der Waals surface area contributed by atoms with Gasteiger partial charge in [-0.2, -0.15) is 0 Å². The van der Waals surface area contributed by atoms with E-state index in [1.807, 2.05) is 38.1 Å². The Bertz CT molecular complexity index is 537. The highest BCUT2D eigenvalue weighted by Gasteiger charge is 2.12. The average molecular weight is 274 g/mol. The van der Waals surface area contributed by atoms with Crippen LogP contribution in [0.25, 0.3) is 0 Å². The van der Waals surface area contributed by atoms with Crippen LogP contribution >= 0.6 is 0 Å². The van der Waals surface area contributed by atoms with Crippen molar-refractivity contribution < 1.29 is 9.13 Å². The lowest BCUT2D eigenvalue weighted by Gasteiger charge is -2.18. The normalized spacial score (nSPS) is 12.4. The summed E-state index contributed by atoms with van der Waals surface area (Å²) < 4.78 is 18.6. The van der Waals surface area contributed by atoms with Gasteiger partial charge < -0.3 is 4.74 Å². The standard InChI is InChI=1S/C16H19FN2O/c1-11(2)20-15-9-5-13(6-10-15)16(19-18)12-3-7-14(17)8-4-12/h3-11,16,19H,18H2,1-2H3. The second-order valence-corrected chi connectivity index (χ2v) is 4.89. The predicted molar refractivity (Wildman–Crippen MR) is 77.8 cm³/mol. The van der Waals surface area contributed by atoms with Gasteiger partial charge in [0, 0.05) is 0 Å². The second kappa shape index (κ2) is 6.50. The number of nitrogens with one attached hydrogen (secondary N) is 1. The first kappa shape index (κ1) is 14.5. The molecule has 0 aliphatic heterocycles. The van der Waals surface area contributed by atoms with Crippen molar-refractivity contribution in [2.24, 2.45) is 5.84 Å². The Morgan fingerprint density at radius 3 is 1.90 bits per heavy atom. The van der Waals surface area contributed by atoms with Gasteiger partial charge in [-0.1, -0.05) is 24.3 Å². The molecule has 0 heterocycles. The third kappa shape index (κ3) is 3.56. The number of ether oxygens (including phenoxy) is 1. The van der Waals surface area contributed by atoms with Crippen LogP contribution in [0.15, 0.2) is 48.5 Å². The van der Waals surface area contributed by atoms with E-state index in [-0.39, 0.29) is 18.0 Å². The van der Waals surface area contributed by atoms with E-state index in [0.717, 1.165) is 16.9 Å². The highest BCUT2D eigenvalue weighted by molar-refractivity contribution is 5.35. The van der Waals surface area contributed by atoms with E-state index in [9.17, 15) is 4.39 Å². The number of hydrogen-bond acceptors (Lipinski definition) is 3. The van der Waals surface area contributed by atoms with Crippen molar-refractivity contribution in [2.75, 3.05) is 0 Å². The van der Waals surface area contributed by atoms with Gasteiger partial charge in [-0.3, -0.25) is 5.84 Å². The minimum Gasteiger partial charge on any atom is -0.491 e. The van der Waals surface area contributed by atoms with Gasteiger partial charge in [0.05, 0.1) is 12.1 Å². The summed E-state index contributed by atoms with van der Waals surface area (Å²) in [6.07, 6.45) is 0.140. The maximum Gasteiger partial charge on any atom is 0.123 e. The molecular weight excluding hydrogens is 255 g/mol. The van der Waals surface area contributed by atoms with Crippen LogP contribution < -0.4 is 16.0 Å². The van der Waals surface area contributed by atoms with Crippen molar-refractivity contribution in [2.45, 2.75) is 26.0 Å². The molecule has 2 aromatic carbocycles. The number of hydrazine groups is 1. The van der Waals surface area contributed by atoms with Crippen LogP contribution in [0, 0.1) is 5.82 Å². The Kier molecular flexibility index (Phi) is 4.71. The molecule has 1 unspecified atom stereocenters. The summed E-state index contributed by atoms with van der Waals surface area (Å²) in [6.45, 7) is 3.97. The van der Waals surface area contributed by atoms with E-state index in [1.165, 1.54) is 12.1 Å². The molecule has 0 aliphatic carbocycles. The van der Waals surface area contributed by atoms with E-state index in [1.54, 1.807) is 12.1 Å².